The predicted octanol–water partition coefficient (Wildman–Crippen LogP) is 1.12. The van der Waals surface area contributed by atoms with E-state index in [0.29, 0.717) is 0 Å². The third-order valence-corrected chi connectivity index (χ3v) is 1.71. The maximum atomic E-state index is 9.85. The number of halogens is 1. The van der Waals surface area contributed by atoms with Crippen LogP contribution in [0.25, 0.3) is 0 Å². The Labute approximate surface area is 50.8 Å². The molecular weight excluding hydrogens is 162 g/mol. The van der Waals surface area contributed by atoms with E-state index in [1.807, 2.05) is 0 Å². The van der Waals surface area contributed by atoms with E-state index in [0.717, 1.165) is 0 Å². The van der Waals surface area contributed by atoms with Gasteiger partial charge in [-0.2, -0.15) is 4.08 Å². The molecule has 0 aliphatic heterocycles. The molecule has 1 N–H and O–H groups in total. The van der Waals surface area contributed by atoms with E-state index in [1.54, 1.807) is 0 Å². The minimum Gasteiger partial charge on any atom is -0.301 e. The number of hydrogen-bond donors (Lipinski definition) is 2. The molecule has 0 aromatic carbocycles. The Kier molecular flexibility index (Phi) is 3.23. The Balaban J connectivity index is 3.61. The van der Waals surface area contributed by atoms with Crippen molar-refractivity contribution >= 4 is 32.6 Å². The van der Waals surface area contributed by atoms with Crippen molar-refractivity contribution in [1.29, 1.82) is 0 Å². The van der Waals surface area contributed by atoms with Gasteiger partial charge >= 0.3 is 7.82 Å². The first kappa shape index (κ1) is 7.75. The molecule has 0 saturated heterocycles. The first-order valence-corrected chi connectivity index (χ1v) is 3.25. The molecule has 1 unspecified atom stereocenters. The summed E-state index contributed by atoms with van der Waals surface area (Å²) in [5.41, 5.74) is 0. The SMILES string of the molecule is O=P(O)(OS)OCl. The van der Waals surface area contributed by atoms with Gasteiger partial charge in [0.25, 0.3) is 0 Å². The zero-order chi connectivity index (χ0) is 5.91. The molecular formula is H2ClO4PS. The van der Waals surface area contributed by atoms with Crippen molar-refractivity contribution in [3.8, 4) is 0 Å². The molecule has 0 saturated carbocycles. The number of thiol groups is 1. The van der Waals surface area contributed by atoms with Crippen molar-refractivity contribution in [3.05, 3.63) is 0 Å². The third-order valence-electron chi connectivity index (χ3n) is 0.190. The molecule has 0 radical (unpaired) electrons. The summed E-state index contributed by atoms with van der Waals surface area (Å²) in [7, 11) is -4.02. The molecule has 7 heavy (non-hydrogen) atoms. The molecule has 0 heterocycles. The molecule has 0 amide bonds. The van der Waals surface area contributed by atoms with E-state index < -0.39 is 7.82 Å². The molecule has 4 nitrogen and oxygen atoms in total. The number of phosphoric acid groups is 1. The minimum absolute atomic E-state index is 2.96. The fraction of sp³-hybridized carbons (Fsp3) is 0. The number of hydrogen-bond acceptors (Lipinski definition) is 4. The average Bonchev–Trinajstić information content (AvgIpc) is 1.68. The Hall–Kier alpha value is 0.750. The van der Waals surface area contributed by atoms with Gasteiger partial charge in [0.2, 0.25) is 0 Å². The van der Waals surface area contributed by atoms with Crippen LogP contribution in [0.2, 0.25) is 0 Å². The van der Waals surface area contributed by atoms with E-state index in [2.05, 4.69) is 32.8 Å². The maximum absolute atomic E-state index is 9.85. The lowest BCUT2D eigenvalue weighted by atomic mass is 15.7. The summed E-state index contributed by atoms with van der Waals surface area (Å²) in [6.45, 7) is 0. The average molecular weight is 165 g/mol. The van der Waals surface area contributed by atoms with E-state index in [-0.39, 0.29) is 0 Å². The fourth-order valence-electron chi connectivity index (χ4n) is 0.0126. The van der Waals surface area contributed by atoms with Gasteiger partial charge in [0.15, 0.2) is 0 Å². The fourth-order valence-corrected chi connectivity index (χ4v) is 0.340. The topological polar surface area (TPSA) is 55.8 Å². The van der Waals surface area contributed by atoms with Gasteiger partial charge in [-0.05, 0) is 12.9 Å². The van der Waals surface area contributed by atoms with Crippen molar-refractivity contribution in [2.45, 2.75) is 0 Å². The summed E-state index contributed by atoms with van der Waals surface area (Å²) >= 11 is 7.36. The van der Waals surface area contributed by atoms with Crippen molar-refractivity contribution in [2.75, 3.05) is 0 Å². The lowest BCUT2D eigenvalue weighted by molar-refractivity contribution is 0.319. The monoisotopic (exact) mass is 164 g/mol. The van der Waals surface area contributed by atoms with Gasteiger partial charge in [0.1, 0.15) is 0 Å². The van der Waals surface area contributed by atoms with E-state index >= 15 is 0 Å². The summed E-state index contributed by atoms with van der Waals surface area (Å²) in [6.07, 6.45) is 0. The number of rotatable bonds is 2. The van der Waals surface area contributed by atoms with E-state index in [9.17, 15) is 4.57 Å². The molecule has 7 heteroatoms. The summed E-state index contributed by atoms with van der Waals surface area (Å²) in [6, 6.07) is 0. The van der Waals surface area contributed by atoms with Gasteiger partial charge < -0.3 is 4.89 Å². The molecule has 0 spiro atoms. The quantitative estimate of drug-likeness (QED) is 0.365. The van der Waals surface area contributed by atoms with Crippen LogP contribution in [0.5, 0.6) is 0 Å². The molecule has 44 valence electrons. The first-order valence-electron chi connectivity index (χ1n) is 1.08. The van der Waals surface area contributed by atoms with Gasteiger partial charge in [-0.15, -0.1) is 0 Å². The normalized spacial score (nSPS) is 18.7. The van der Waals surface area contributed by atoms with Gasteiger partial charge in [0.05, 0.1) is 11.9 Å². The predicted molar refractivity (Wildman–Crippen MR) is 26.8 cm³/mol. The van der Waals surface area contributed by atoms with E-state index in [1.165, 1.54) is 0 Å². The van der Waals surface area contributed by atoms with Crippen molar-refractivity contribution < 1.29 is 17.5 Å². The highest BCUT2D eigenvalue weighted by molar-refractivity contribution is 7.80. The van der Waals surface area contributed by atoms with Crippen LogP contribution in [-0.2, 0) is 12.6 Å². The van der Waals surface area contributed by atoms with Gasteiger partial charge in [-0.3, -0.25) is 0 Å². The summed E-state index contributed by atoms with van der Waals surface area (Å²) in [5.74, 6) is 0. The zero-order valence-electron chi connectivity index (χ0n) is 2.94. The first-order chi connectivity index (χ1) is 3.12. The lowest BCUT2D eigenvalue weighted by Crippen LogP contribution is -1.73. The van der Waals surface area contributed by atoms with Crippen molar-refractivity contribution in [3.63, 3.8) is 0 Å². The van der Waals surface area contributed by atoms with Gasteiger partial charge in [0, 0.05) is 0 Å². The Bertz CT molecular complexity index is 83.7. The summed E-state index contributed by atoms with van der Waals surface area (Å²) in [4.78, 5) is 8.03. The summed E-state index contributed by atoms with van der Waals surface area (Å²) < 4.78 is 16.8. The molecule has 0 aliphatic carbocycles. The molecule has 0 aliphatic rings. The smallest absolute Gasteiger partial charge is 0.301 e. The third kappa shape index (κ3) is 3.34. The molecule has 0 aromatic heterocycles. The van der Waals surface area contributed by atoms with Crippen LogP contribution in [0.3, 0.4) is 0 Å². The van der Waals surface area contributed by atoms with Crippen LogP contribution in [0.15, 0.2) is 0 Å². The molecule has 1 atom stereocenters. The van der Waals surface area contributed by atoms with Crippen molar-refractivity contribution in [2.24, 2.45) is 0 Å². The highest BCUT2D eigenvalue weighted by Gasteiger charge is 2.17. The maximum Gasteiger partial charge on any atom is 0.499 e. The summed E-state index contributed by atoms with van der Waals surface area (Å²) in [5, 5.41) is 0. The highest BCUT2D eigenvalue weighted by Crippen LogP contribution is 2.45. The van der Waals surface area contributed by atoms with Crippen LogP contribution >= 0.6 is 32.6 Å². The largest absolute Gasteiger partial charge is 0.499 e. The minimum atomic E-state index is -4.02. The van der Waals surface area contributed by atoms with Crippen LogP contribution in [0.1, 0.15) is 0 Å². The van der Waals surface area contributed by atoms with Crippen LogP contribution in [-0.4, -0.2) is 4.89 Å². The molecule has 0 fully saturated rings. The second-order valence-corrected chi connectivity index (χ2v) is 2.76. The second-order valence-electron chi connectivity index (χ2n) is 0.619. The molecule has 0 bridgehead atoms. The standard InChI is InChI=1S/ClH2O4PS/c1-4-6(2,3)5-7/h7H,(H,2,3). The Morgan fingerprint density at radius 3 is 2.29 bits per heavy atom. The van der Waals surface area contributed by atoms with Crippen molar-refractivity contribution in [1.82, 2.24) is 0 Å². The second kappa shape index (κ2) is 2.91. The van der Waals surface area contributed by atoms with E-state index in [4.69, 9.17) is 4.89 Å². The molecule has 0 aromatic rings. The van der Waals surface area contributed by atoms with Crippen LogP contribution < -0.4 is 0 Å². The lowest BCUT2D eigenvalue weighted by Gasteiger charge is -1.96. The Morgan fingerprint density at radius 2 is 2.29 bits per heavy atom. The Morgan fingerprint density at radius 1 is 1.86 bits per heavy atom. The highest BCUT2D eigenvalue weighted by atomic mass is 35.5. The van der Waals surface area contributed by atoms with Gasteiger partial charge in [-0.1, -0.05) is 0 Å². The van der Waals surface area contributed by atoms with Crippen LogP contribution in [0.4, 0.5) is 0 Å². The zero-order valence-corrected chi connectivity index (χ0v) is 5.49. The van der Waals surface area contributed by atoms with Gasteiger partial charge in [-0.25, -0.2) is 8.54 Å². The molecule has 0 rings (SSSR count). The van der Waals surface area contributed by atoms with Crippen LogP contribution in [0, 0.1) is 0 Å².